The Morgan fingerprint density at radius 3 is 2.57 bits per heavy atom. The van der Waals surface area contributed by atoms with E-state index >= 15 is 0 Å². The van der Waals surface area contributed by atoms with E-state index in [0.29, 0.717) is 6.42 Å². The van der Waals surface area contributed by atoms with E-state index in [1.165, 1.54) is 0 Å². The zero-order valence-corrected chi connectivity index (χ0v) is 8.57. The number of rotatable bonds is 5. The third-order valence-electron chi connectivity index (χ3n) is 2.28. The van der Waals surface area contributed by atoms with Crippen molar-refractivity contribution in [1.82, 2.24) is 0 Å². The van der Waals surface area contributed by atoms with Crippen molar-refractivity contribution in [2.75, 3.05) is 0 Å². The third-order valence-corrected chi connectivity index (χ3v) is 2.28. The van der Waals surface area contributed by atoms with Crippen LogP contribution < -0.4 is 5.73 Å². The van der Waals surface area contributed by atoms with Crippen LogP contribution >= 0.6 is 0 Å². The molecule has 1 aromatic rings. The van der Waals surface area contributed by atoms with Gasteiger partial charge < -0.3 is 5.73 Å². The minimum atomic E-state index is -0.442. The van der Waals surface area contributed by atoms with Gasteiger partial charge in [-0.25, -0.2) is 0 Å². The second kappa shape index (κ2) is 5.55. The van der Waals surface area contributed by atoms with Crippen LogP contribution in [0.5, 0.6) is 0 Å². The highest BCUT2D eigenvalue weighted by Crippen LogP contribution is 2.13. The fourth-order valence-corrected chi connectivity index (χ4v) is 1.35. The Bertz CT molecular complexity index is 282. The molecule has 0 aliphatic heterocycles. The fourth-order valence-electron chi connectivity index (χ4n) is 1.35. The summed E-state index contributed by atoms with van der Waals surface area (Å²) >= 11 is 0. The summed E-state index contributed by atoms with van der Waals surface area (Å²) in [5.74, 6) is 0.137. The molecule has 0 radical (unpaired) electrons. The molecule has 2 N–H and O–H groups in total. The summed E-state index contributed by atoms with van der Waals surface area (Å²) in [5.41, 5.74) is 6.74. The van der Waals surface area contributed by atoms with Gasteiger partial charge >= 0.3 is 0 Å². The van der Waals surface area contributed by atoms with Gasteiger partial charge in [0.2, 0.25) is 0 Å². The van der Waals surface area contributed by atoms with Gasteiger partial charge in [-0.2, -0.15) is 0 Å². The molecule has 0 saturated heterocycles. The van der Waals surface area contributed by atoms with Crippen molar-refractivity contribution in [3.63, 3.8) is 0 Å². The number of nitrogens with two attached hydrogens (primary N) is 1. The molecule has 0 aliphatic rings. The Balaban J connectivity index is 2.57. The summed E-state index contributed by atoms with van der Waals surface area (Å²) in [6, 6.07) is 9.09. The van der Waals surface area contributed by atoms with Crippen LogP contribution in [0.15, 0.2) is 30.3 Å². The van der Waals surface area contributed by atoms with Gasteiger partial charge in [0.05, 0.1) is 6.04 Å². The molecular weight excluding hydrogens is 174 g/mol. The van der Waals surface area contributed by atoms with E-state index in [1.54, 1.807) is 0 Å². The second-order valence-electron chi connectivity index (χ2n) is 3.46. The summed E-state index contributed by atoms with van der Waals surface area (Å²) in [4.78, 5) is 11.6. The molecule has 1 atom stereocenters. The van der Waals surface area contributed by atoms with Crippen molar-refractivity contribution in [3.05, 3.63) is 35.9 Å². The largest absolute Gasteiger partial charge is 0.318 e. The third kappa shape index (κ3) is 2.96. The lowest BCUT2D eigenvalue weighted by Gasteiger charge is -2.09. The predicted octanol–water partition coefficient (Wildman–Crippen LogP) is 2.45. The first kappa shape index (κ1) is 10.9. The molecule has 0 saturated carbocycles. The van der Waals surface area contributed by atoms with Crippen molar-refractivity contribution >= 4 is 5.78 Å². The van der Waals surface area contributed by atoms with Crippen LogP contribution in [-0.4, -0.2) is 5.78 Å². The quantitative estimate of drug-likeness (QED) is 0.776. The van der Waals surface area contributed by atoms with Crippen molar-refractivity contribution < 1.29 is 4.79 Å². The van der Waals surface area contributed by atoms with E-state index in [4.69, 9.17) is 5.73 Å². The maximum atomic E-state index is 11.6. The summed E-state index contributed by atoms with van der Waals surface area (Å²) in [7, 11) is 0. The zero-order chi connectivity index (χ0) is 10.4. The number of Topliss-reactive ketones (excluding diaryl/α,β-unsaturated/α-hetero) is 1. The Morgan fingerprint density at radius 2 is 2.00 bits per heavy atom. The molecule has 1 unspecified atom stereocenters. The zero-order valence-electron chi connectivity index (χ0n) is 8.57. The first-order chi connectivity index (χ1) is 6.75. The highest BCUT2D eigenvalue weighted by molar-refractivity contribution is 5.84. The van der Waals surface area contributed by atoms with Crippen LogP contribution in [0.25, 0.3) is 0 Å². The average molecular weight is 191 g/mol. The van der Waals surface area contributed by atoms with Crippen LogP contribution in [0, 0.1) is 0 Å². The van der Waals surface area contributed by atoms with E-state index in [2.05, 4.69) is 6.92 Å². The maximum absolute atomic E-state index is 11.6. The summed E-state index contributed by atoms with van der Waals surface area (Å²) in [6.07, 6.45) is 2.55. The van der Waals surface area contributed by atoms with Crippen LogP contribution in [0.3, 0.4) is 0 Å². The van der Waals surface area contributed by atoms with E-state index in [1.807, 2.05) is 30.3 Å². The van der Waals surface area contributed by atoms with Gasteiger partial charge in [-0.1, -0.05) is 43.7 Å². The average Bonchev–Trinajstić information content (AvgIpc) is 2.26. The molecule has 1 rings (SSSR count). The Hall–Kier alpha value is -1.15. The minimum Gasteiger partial charge on any atom is -0.318 e. The number of carbonyl (C=O) groups is 1. The molecule has 0 spiro atoms. The van der Waals surface area contributed by atoms with Gasteiger partial charge in [0.1, 0.15) is 0 Å². The standard InChI is InChI=1S/C12H17NO/c1-2-3-9-11(14)12(13)10-7-5-4-6-8-10/h4-8,12H,2-3,9,13H2,1H3. The Morgan fingerprint density at radius 1 is 1.36 bits per heavy atom. The molecule has 0 aliphatic carbocycles. The maximum Gasteiger partial charge on any atom is 0.154 e. The first-order valence-electron chi connectivity index (χ1n) is 5.09. The van der Waals surface area contributed by atoms with E-state index in [-0.39, 0.29) is 5.78 Å². The van der Waals surface area contributed by atoms with Gasteiger partial charge in [0.15, 0.2) is 5.78 Å². The van der Waals surface area contributed by atoms with Crippen molar-refractivity contribution in [1.29, 1.82) is 0 Å². The smallest absolute Gasteiger partial charge is 0.154 e. The lowest BCUT2D eigenvalue weighted by molar-refractivity contribution is -0.120. The van der Waals surface area contributed by atoms with Crippen molar-refractivity contribution in [3.8, 4) is 0 Å². The van der Waals surface area contributed by atoms with E-state index < -0.39 is 6.04 Å². The normalized spacial score (nSPS) is 12.4. The molecule has 0 fully saturated rings. The van der Waals surface area contributed by atoms with Gasteiger partial charge in [-0.3, -0.25) is 4.79 Å². The van der Waals surface area contributed by atoms with Crippen molar-refractivity contribution in [2.45, 2.75) is 32.2 Å². The molecule has 0 bridgehead atoms. The number of unbranched alkanes of at least 4 members (excludes halogenated alkanes) is 1. The molecule has 76 valence electrons. The highest BCUT2D eigenvalue weighted by Gasteiger charge is 2.13. The van der Waals surface area contributed by atoms with Gasteiger partial charge in [-0.15, -0.1) is 0 Å². The number of benzene rings is 1. The topological polar surface area (TPSA) is 43.1 Å². The van der Waals surface area contributed by atoms with Crippen molar-refractivity contribution in [2.24, 2.45) is 5.73 Å². The molecule has 2 nitrogen and oxygen atoms in total. The molecule has 1 aromatic carbocycles. The van der Waals surface area contributed by atoms with Crippen LogP contribution in [-0.2, 0) is 4.79 Å². The fraction of sp³-hybridized carbons (Fsp3) is 0.417. The molecule has 0 aromatic heterocycles. The van der Waals surface area contributed by atoms with E-state index in [0.717, 1.165) is 18.4 Å². The highest BCUT2D eigenvalue weighted by atomic mass is 16.1. The number of carbonyl (C=O) groups excluding carboxylic acids is 1. The van der Waals surface area contributed by atoms with E-state index in [9.17, 15) is 4.79 Å². The first-order valence-corrected chi connectivity index (χ1v) is 5.09. The monoisotopic (exact) mass is 191 g/mol. The molecule has 2 heteroatoms. The lowest BCUT2D eigenvalue weighted by atomic mass is 10.0. The summed E-state index contributed by atoms with van der Waals surface area (Å²) in [5, 5.41) is 0. The van der Waals surface area contributed by atoms with Gasteiger partial charge in [-0.05, 0) is 12.0 Å². The molecular formula is C12H17NO. The van der Waals surface area contributed by atoms with Crippen LogP contribution in [0.4, 0.5) is 0 Å². The van der Waals surface area contributed by atoms with Crippen LogP contribution in [0.2, 0.25) is 0 Å². The molecule has 0 amide bonds. The Labute approximate surface area is 85.1 Å². The second-order valence-corrected chi connectivity index (χ2v) is 3.46. The Kier molecular flexibility index (Phi) is 4.33. The number of hydrogen-bond acceptors (Lipinski definition) is 2. The SMILES string of the molecule is CCCCC(=O)C(N)c1ccccc1. The lowest BCUT2D eigenvalue weighted by Crippen LogP contribution is -2.20. The number of ketones is 1. The predicted molar refractivity (Wildman–Crippen MR) is 57.9 cm³/mol. The summed E-state index contributed by atoms with van der Waals surface area (Å²) in [6.45, 7) is 2.07. The molecule has 0 heterocycles. The van der Waals surface area contributed by atoms with Crippen LogP contribution in [0.1, 0.15) is 37.8 Å². The van der Waals surface area contributed by atoms with Gasteiger partial charge in [0, 0.05) is 6.42 Å². The molecule has 14 heavy (non-hydrogen) atoms. The number of hydrogen-bond donors (Lipinski definition) is 1. The van der Waals surface area contributed by atoms with Gasteiger partial charge in [0.25, 0.3) is 0 Å². The minimum absolute atomic E-state index is 0.137. The summed E-state index contributed by atoms with van der Waals surface area (Å²) < 4.78 is 0.